The number of aryl methyl sites for hydroxylation is 2. The van der Waals surface area contributed by atoms with E-state index in [4.69, 9.17) is 9.47 Å². The molecule has 0 amide bonds. The van der Waals surface area contributed by atoms with E-state index in [1.165, 1.54) is 12.7 Å². The number of methoxy groups -OCH3 is 1. The van der Waals surface area contributed by atoms with Crippen molar-refractivity contribution in [3.05, 3.63) is 58.7 Å². The van der Waals surface area contributed by atoms with E-state index in [0.717, 1.165) is 5.56 Å². The molecule has 2 aromatic carbocycles. The average Bonchev–Trinajstić information content (AvgIpc) is 2.56. The quantitative estimate of drug-likeness (QED) is 0.675. The molecule has 0 unspecified atom stereocenters. The average molecular weight is 316 g/mol. The van der Waals surface area contributed by atoms with E-state index in [1.807, 2.05) is 32.0 Å². The maximum atomic E-state index is 11.3. The zero-order chi connectivity index (χ0) is 16.8. The SMILES string of the molecule is COC(=O)Oc1cccc(CO)c1COc1ccc(C)c(C)c1. The summed E-state index contributed by atoms with van der Waals surface area (Å²) in [4.78, 5) is 11.3. The van der Waals surface area contributed by atoms with Gasteiger partial charge in [0.2, 0.25) is 0 Å². The van der Waals surface area contributed by atoms with Crippen LogP contribution >= 0.6 is 0 Å². The van der Waals surface area contributed by atoms with E-state index < -0.39 is 6.16 Å². The molecular weight excluding hydrogens is 296 g/mol. The van der Waals surface area contributed by atoms with Crippen molar-refractivity contribution in [2.24, 2.45) is 0 Å². The minimum absolute atomic E-state index is 0.172. The molecular formula is C18H20O5. The van der Waals surface area contributed by atoms with Crippen LogP contribution in [-0.4, -0.2) is 18.4 Å². The maximum Gasteiger partial charge on any atom is 0.513 e. The van der Waals surface area contributed by atoms with Gasteiger partial charge in [0.05, 0.1) is 13.7 Å². The van der Waals surface area contributed by atoms with E-state index in [-0.39, 0.29) is 13.2 Å². The van der Waals surface area contributed by atoms with Crippen LogP contribution in [0.2, 0.25) is 0 Å². The minimum Gasteiger partial charge on any atom is -0.489 e. The predicted molar refractivity (Wildman–Crippen MR) is 85.6 cm³/mol. The summed E-state index contributed by atoms with van der Waals surface area (Å²) in [6.07, 6.45) is -0.812. The highest BCUT2D eigenvalue weighted by atomic mass is 16.7. The number of aliphatic hydroxyl groups is 1. The number of carbonyl (C=O) groups excluding carboxylic acids is 1. The maximum absolute atomic E-state index is 11.3. The van der Waals surface area contributed by atoms with Crippen LogP contribution in [-0.2, 0) is 18.0 Å². The van der Waals surface area contributed by atoms with Crippen molar-refractivity contribution in [1.29, 1.82) is 0 Å². The lowest BCUT2D eigenvalue weighted by atomic mass is 10.1. The van der Waals surface area contributed by atoms with Gasteiger partial charge in [-0.25, -0.2) is 4.79 Å². The van der Waals surface area contributed by atoms with Gasteiger partial charge in [-0.3, -0.25) is 0 Å². The first-order valence-corrected chi connectivity index (χ1v) is 7.22. The lowest BCUT2D eigenvalue weighted by Crippen LogP contribution is -2.11. The largest absolute Gasteiger partial charge is 0.513 e. The van der Waals surface area contributed by atoms with E-state index in [0.29, 0.717) is 22.6 Å². The first-order chi connectivity index (χ1) is 11.0. The second kappa shape index (κ2) is 7.65. The van der Waals surface area contributed by atoms with Crippen molar-refractivity contribution in [2.45, 2.75) is 27.1 Å². The molecule has 1 N–H and O–H groups in total. The van der Waals surface area contributed by atoms with E-state index in [1.54, 1.807) is 18.2 Å². The summed E-state index contributed by atoms with van der Waals surface area (Å²) in [5, 5.41) is 9.48. The van der Waals surface area contributed by atoms with Crippen molar-refractivity contribution in [3.63, 3.8) is 0 Å². The Morgan fingerprint density at radius 2 is 1.91 bits per heavy atom. The van der Waals surface area contributed by atoms with Crippen LogP contribution in [0.1, 0.15) is 22.3 Å². The van der Waals surface area contributed by atoms with Crippen molar-refractivity contribution in [2.75, 3.05) is 7.11 Å². The second-order valence-corrected chi connectivity index (χ2v) is 5.14. The van der Waals surface area contributed by atoms with Gasteiger partial charge < -0.3 is 19.3 Å². The molecule has 0 spiro atoms. The number of hydrogen-bond donors (Lipinski definition) is 1. The third-order valence-electron chi connectivity index (χ3n) is 3.62. The van der Waals surface area contributed by atoms with Crippen molar-refractivity contribution in [3.8, 4) is 11.5 Å². The fourth-order valence-electron chi connectivity index (χ4n) is 2.11. The Morgan fingerprint density at radius 1 is 1.13 bits per heavy atom. The molecule has 5 heteroatoms. The second-order valence-electron chi connectivity index (χ2n) is 5.14. The number of rotatable bonds is 5. The highest BCUT2D eigenvalue weighted by Gasteiger charge is 2.14. The molecule has 0 heterocycles. The Balaban J connectivity index is 2.22. The van der Waals surface area contributed by atoms with Crippen LogP contribution in [0.15, 0.2) is 36.4 Å². The lowest BCUT2D eigenvalue weighted by molar-refractivity contribution is 0.120. The smallest absolute Gasteiger partial charge is 0.489 e. The molecule has 2 rings (SSSR count). The summed E-state index contributed by atoms with van der Waals surface area (Å²) in [6, 6.07) is 10.9. The van der Waals surface area contributed by atoms with Gasteiger partial charge >= 0.3 is 6.16 Å². The highest BCUT2D eigenvalue weighted by molar-refractivity contribution is 5.64. The number of aliphatic hydroxyl groups excluding tert-OH is 1. The topological polar surface area (TPSA) is 65.0 Å². The molecule has 0 atom stereocenters. The zero-order valence-corrected chi connectivity index (χ0v) is 13.5. The number of benzene rings is 2. The normalized spacial score (nSPS) is 10.3. The predicted octanol–water partition coefficient (Wildman–Crippen LogP) is 3.52. The molecule has 122 valence electrons. The number of hydrogen-bond acceptors (Lipinski definition) is 5. The summed E-state index contributed by atoms with van der Waals surface area (Å²) in [5.74, 6) is 1.03. The first-order valence-electron chi connectivity index (χ1n) is 7.22. The van der Waals surface area contributed by atoms with Crippen molar-refractivity contribution < 1.29 is 24.1 Å². The molecule has 0 aliphatic rings. The number of ether oxygens (including phenoxy) is 3. The standard InChI is InChI=1S/C18H20O5/c1-12-7-8-15(9-13(12)2)22-11-16-14(10-19)5-4-6-17(16)23-18(20)21-3/h4-9,19H,10-11H2,1-3H3. The molecule has 5 nitrogen and oxygen atoms in total. The van der Waals surface area contributed by atoms with Crippen molar-refractivity contribution in [1.82, 2.24) is 0 Å². The van der Waals surface area contributed by atoms with Crippen LogP contribution in [0.3, 0.4) is 0 Å². The van der Waals surface area contributed by atoms with Crippen LogP contribution < -0.4 is 9.47 Å². The summed E-state index contributed by atoms with van der Waals surface area (Å²) in [5.41, 5.74) is 3.56. The fourth-order valence-corrected chi connectivity index (χ4v) is 2.11. The van der Waals surface area contributed by atoms with Crippen LogP contribution in [0.4, 0.5) is 4.79 Å². The van der Waals surface area contributed by atoms with Gasteiger partial charge in [0.25, 0.3) is 0 Å². The van der Waals surface area contributed by atoms with Gasteiger partial charge in [-0.2, -0.15) is 0 Å². The van der Waals surface area contributed by atoms with E-state index in [2.05, 4.69) is 4.74 Å². The zero-order valence-electron chi connectivity index (χ0n) is 13.5. The molecule has 0 saturated carbocycles. The lowest BCUT2D eigenvalue weighted by Gasteiger charge is -2.14. The molecule has 0 radical (unpaired) electrons. The minimum atomic E-state index is -0.812. The summed E-state index contributed by atoms with van der Waals surface area (Å²) >= 11 is 0. The molecule has 0 aliphatic heterocycles. The summed E-state index contributed by atoms with van der Waals surface area (Å²) in [6.45, 7) is 4.04. The van der Waals surface area contributed by atoms with Gasteiger partial charge in [-0.1, -0.05) is 18.2 Å². The van der Waals surface area contributed by atoms with Gasteiger partial charge in [-0.05, 0) is 48.7 Å². The highest BCUT2D eigenvalue weighted by Crippen LogP contribution is 2.26. The monoisotopic (exact) mass is 316 g/mol. The summed E-state index contributed by atoms with van der Waals surface area (Å²) < 4.78 is 15.4. The summed E-state index contributed by atoms with van der Waals surface area (Å²) in [7, 11) is 1.24. The van der Waals surface area contributed by atoms with Gasteiger partial charge in [0, 0.05) is 5.56 Å². The van der Waals surface area contributed by atoms with Crippen LogP contribution in [0.25, 0.3) is 0 Å². The van der Waals surface area contributed by atoms with Gasteiger partial charge in [0.1, 0.15) is 18.1 Å². The molecule has 0 bridgehead atoms. The number of carbonyl (C=O) groups is 1. The fraction of sp³-hybridized carbons (Fsp3) is 0.278. The van der Waals surface area contributed by atoms with E-state index >= 15 is 0 Å². The first kappa shape index (κ1) is 16.8. The third-order valence-corrected chi connectivity index (χ3v) is 3.62. The molecule has 0 aliphatic carbocycles. The molecule has 23 heavy (non-hydrogen) atoms. The third kappa shape index (κ3) is 4.23. The Hall–Kier alpha value is -2.53. The Kier molecular flexibility index (Phi) is 5.60. The molecule has 2 aromatic rings. The van der Waals surface area contributed by atoms with E-state index in [9.17, 15) is 9.90 Å². The van der Waals surface area contributed by atoms with Crippen molar-refractivity contribution >= 4 is 6.16 Å². The Morgan fingerprint density at radius 3 is 2.57 bits per heavy atom. The molecule has 0 aromatic heterocycles. The Labute approximate surface area is 135 Å². The van der Waals surface area contributed by atoms with Crippen LogP contribution in [0.5, 0.6) is 11.5 Å². The van der Waals surface area contributed by atoms with Gasteiger partial charge in [-0.15, -0.1) is 0 Å². The molecule has 0 saturated heterocycles. The molecule has 0 fully saturated rings. The Bertz CT molecular complexity index is 694. The van der Waals surface area contributed by atoms with Crippen LogP contribution in [0, 0.1) is 13.8 Å². The van der Waals surface area contributed by atoms with Gasteiger partial charge in [0.15, 0.2) is 0 Å².